The number of nitrogens with zero attached hydrogens (tertiary/aromatic N) is 4. The van der Waals surface area contributed by atoms with E-state index >= 15 is 0 Å². The number of benzene rings is 9. The minimum atomic E-state index is -0.459. The molecule has 2 heterocycles. The molecule has 0 fully saturated rings. The summed E-state index contributed by atoms with van der Waals surface area (Å²) in [6, 6.07) is 82.6. The van der Waals surface area contributed by atoms with Crippen LogP contribution in [-0.2, 0) is 5.41 Å². The summed E-state index contributed by atoms with van der Waals surface area (Å²) in [5, 5.41) is 0. The standard InChI is InChI=1S/C63H40N4/c1-3-16-41(17-4-1)43-20-13-22-46(34-43)60-65-61(47-23-14-21-44(35-47)42-18-5-2-6-19-42)67-62(66-60)51-37-49(36-50(38-51)48-24-15-33-64-40-48)45-31-32-55-54-27-9-12-30-58(54)63(59(55)39-45)56-28-10-7-25-52(56)53-26-8-11-29-57(53)63/h1-40H. The average molecular weight is 853 g/mol. The van der Waals surface area contributed by atoms with E-state index in [1.807, 2.05) is 30.6 Å². The molecule has 0 saturated carbocycles. The van der Waals surface area contributed by atoms with Crippen molar-refractivity contribution >= 4 is 0 Å². The second kappa shape index (κ2) is 15.7. The monoisotopic (exact) mass is 852 g/mol. The second-order valence-electron chi connectivity index (χ2n) is 17.4. The van der Waals surface area contributed by atoms with Crippen molar-refractivity contribution in [3.63, 3.8) is 0 Å². The minimum absolute atomic E-state index is 0.459. The first-order valence-corrected chi connectivity index (χ1v) is 22.8. The third-order valence-corrected chi connectivity index (χ3v) is 13.6. The maximum atomic E-state index is 5.34. The first kappa shape index (κ1) is 38.6. The van der Waals surface area contributed by atoms with Crippen LogP contribution in [0.15, 0.2) is 243 Å². The fourth-order valence-electron chi connectivity index (χ4n) is 10.6. The van der Waals surface area contributed by atoms with Gasteiger partial charge in [0.2, 0.25) is 0 Å². The molecule has 13 rings (SSSR count). The van der Waals surface area contributed by atoms with Crippen molar-refractivity contribution in [2.45, 2.75) is 5.41 Å². The van der Waals surface area contributed by atoms with Crippen molar-refractivity contribution in [1.82, 2.24) is 19.9 Å². The molecule has 312 valence electrons. The lowest BCUT2D eigenvalue weighted by Gasteiger charge is -2.30. The Morgan fingerprint density at radius 2 is 0.627 bits per heavy atom. The highest BCUT2D eigenvalue weighted by Gasteiger charge is 2.51. The molecule has 4 nitrogen and oxygen atoms in total. The third-order valence-electron chi connectivity index (χ3n) is 13.6. The van der Waals surface area contributed by atoms with Crippen molar-refractivity contribution < 1.29 is 0 Å². The number of pyridine rings is 1. The van der Waals surface area contributed by atoms with E-state index in [9.17, 15) is 0 Å². The molecule has 1 spiro atoms. The van der Waals surface area contributed by atoms with Crippen LogP contribution in [0.4, 0.5) is 0 Å². The Labute approximate surface area is 389 Å². The van der Waals surface area contributed by atoms with Crippen LogP contribution in [0.25, 0.3) is 101 Å². The molecule has 9 aromatic carbocycles. The van der Waals surface area contributed by atoms with Gasteiger partial charge in [-0.05, 0) is 126 Å². The molecule has 0 unspecified atom stereocenters. The van der Waals surface area contributed by atoms with Crippen LogP contribution >= 0.6 is 0 Å². The number of hydrogen-bond acceptors (Lipinski definition) is 4. The fourth-order valence-corrected chi connectivity index (χ4v) is 10.6. The Morgan fingerprint density at radius 3 is 1.15 bits per heavy atom. The highest BCUT2D eigenvalue weighted by molar-refractivity contribution is 5.96. The zero-order valence-corrected chi connectivity index (χ0v) is 36.4. The Kier molecular flexibility index (Phi) is 9.04. The molecule has 11 aromatic rings. The van der Waals surface area contributed by atoms with Gasteiger partial charge in [0, 0.05) is 34.6 Å². The van der Waals surface area contributed by atoms with E-state index in [1.54, 1.807) is 0 Å². The molecule has 67 heavy (non-hydrogen) atoms. The summed E-state index contributed by atoms with van der Waals surface area (Å²) >= 11 is 0. The molecule has 2 aliphatic rings. The van der Waals surface area contributed by atoms with Gasteiger partial charge >= 0.3 is 0 Å². The summed E-state index contributed by atoms with van der Waals surface area (Å²) in [4.78, 5) is 20.5. The lowest BCUT2D eigenvalue weighted by molar-refractivity contribution is 0.794. The lowest BCUT2D eigenvalue weighted by Crippen LogP contribution is -2.25. The number of hydrogen-bond donors (Lipinski definition) is 0. The molecule has 4 heteroatoms. The Hall–Kier alpha value is -8.86. The predicted molar refractivity (Wildman–Crippen MR) is 272 cm³/mol. The van der Waals surface area contributed by atoms with Crippen LogP contribution in [0.3, 0.4) is 0 Å². The molecule has 0 aliphatic heterocycles. The second-order valence-corrected chi connectivity index (χ2v) is 17.4. The molecule has 0 saturated heterocycles. The quantitative estimate of drug-likeness (QED) is 0.160. The molecule has 0 N–H and O–H groups in total. The van der Waals surface area contributed by atoms with Gasteiger partial charge in [0.25, 0.3) is 0 Å². The molecule has 0 bridgehead atoms. The molecule has 2 aliphatic carbocycles. The molecule has 2 aromatic heterocycles. The van der Waals surface area contributed by atoms with Gasteiger partial charge < -0.3 is 0 Å². The van der Waals surface area contributed by atoms with Crippen molar-refractivity contribution in [3.8, 4) is 101 Å². The summed E-state index contributed by atoms with van der Waals surface area (Å²) in [5.74, 6) is 1.80. The Morgan fingerprint density at radius 1 is 0.239 bits per heavy atom. The van der Waals surface area contributed by atoms with E-state index in [2.05, 4.69) is 217 Å². The van der Waals surface area contributed by atoms with Crippen LogP contribution in [0.5, 0.6) is 0 Å². The van der Waals surface area contributed by atoms with Crippen LogP contribution in [0, 0.1) is 0 Å². The van der Waals surface area contributed by atoms with Crippen LogP contribution in [-0.4, -0.2) is 19.9 Å². The summed E-state index contributed by atoms with van der Waals surface area (Å²) in [6.45, 7) is 0. The molecular weight excluding hydrogens is 813 g/mol. The van der Waals surface area contributed by atoms with Crippen molar-refractivity contribution in [2.24, 2.45) is 0 Å². The topological polar surface area (TPSA) is 51.6 Å². The SMILES string of the molecule is c1ccc(-c2cccc(-c3nc(-c4cccc(-c5ccccc5)c4)nc(-c4cc(-c5cccnc5)cc(-c5ccc6c(c5)C5(c7ccccc7-c7ccccc75)c5ccccc5-6)c4)n3)c2)cc1. The average Bonchev–Trinajstić information content (AvgIpc) is 3.88. The Bertz CT molecular complexity index is 3530. The van der Waals surface area contributed by atoms with E-state index in [0.29, 0.717) is 17.5 Å². The zero-order valence-electron chi connectivity index (χ0n) is 36.4. The highest BCUT2D eigenvalue weighted by Crippen LogP contribution is 2.63. The van der Waals surface area contributed by atoms with Gasteiger partial charge in [-0.2, -0.15) is 0 Å². The Balaban J connectivity index is 1.02. The summed E-state index contributed by atoms with van der Waals surface area (Å²) in [6.07, 6.45) is 3.75. The smallest absolute Gasteiger partial charge is 0.164 e. The van der Waals surface area contributed by atoms with E-state index in [4.69, 9.17) is 15.0 Å². The van der Waals surface area contributed by atoms with Crippen LogP contribution in [0.1, 0.15) is 22.3 Å². The van der Waals surface area contributed by atoms with E-state index in [1.165, 1.54) is 44.5 Å². The van der Waals surface area contributed by atoms with Gasteiger partial charge in [-0.25, -0.2) is 15.0 Å². The molecule has 0 radical (unpaired) electrons. The predicted octanol–water partition coefficient (Wildman–Crippen LogP) is 15.3. The summed E-state index contributed by atoms with van der Waals surface area (Å²) < 4.78 is 0. The van der Waals surface area contributed by atoms with Gasteiger partial charge in [0.1, 0.15) is 0 Å². The first-order valence-electron chi connectivity index (χ1n) is 22.8. The summed E-state index contributed by atoms with van der Waals surface area (Å²) in [7, 11) is 0. The van der Waals surface area contributed by atoms with E-state index < -0.39 is 5.41 Å². The normalized spacial score (nSPS) is 12.6. The zero-order chi connectivity index (χ0) is 44.3. The minimum Gasteiger partial charge on any atom is -0.264 e. The van der Waals surface area contributed by atoms with Crippen LogP contribution < -0.4 is 0 Å². The maximum Gasteiger partial charge on any atom is 0.164 e. The molecule has 0 amide bonds. The van der Waals surface area contributed by atoms with Gasteiger partial charge in [0.15, 0.2) is 17.5 Å². The molecule has 0 atom stereocenters. The van der Waals surface area contributed by atoms with Crippen molar-refractivity contribution in [3.05, 3.63) is 265 Å². The van der Waals surface area contributed by atoms with Gasteiger partial charge in [-0.1, -0.05) is 188 Å². The van der Waals surface area contributed by atoms with E-state index in [-0.39, 0.29) is 0 Å². The number of rotatable bonds is 7. The number of aromatic nitrogens is 4. The van der Waals surface area contributed by atoms with Crippen LogP contribution in [0.2, 0.25) is 0 Å². The lowest BCUT2D eigenvalue weighted by atomic mass is 9.70. The van der Waals surface area contributed by atoms with Gasteiger partial charge in [-0.3, -0.25) is 4.98 Å². The number of fused-ring (bicyclic) bond motifs is 10. The maximum absolute atomic E-state index is 5.34. The fraction of sp³-hybridized carbons (Fsp3) is 0.0159. The largest absolute Gasteiger partial charge is 0.264 e. The first-order chi connectivity index (χ1) is 33.2. The summed E-state index contributed by atoms with van der Waals surface area (Å²) in [5.41, 5.74) is 21.3. The third kappa shape index (κ3) is 6.37. The van der Waals surface area contributed by atoms with E-state index in [0.717, 1.165) is 61.2 Å². The van der Waals surface area contributed by atoms with Gasteiger partial charge in [0.05, 0.1) is 5.41 Å². The van der Waals surface area contributed by atoms with Crippen molar-refractivity contribution in [2.75, 3.05) is 0 Å². The van der Waals surface area contributed by atoms with Gasteiger partial charge in [-0.15, -0.1) is 0 Å². The molecular formula is C63H40N4. The van der Waals surface area contributed by atoms with Crippen molar-refractivity contribution in [1.29, 1.82) is 0 Å². The highest BCUT2D eigenvalue weighted by atomic mass is 15.0.